The average Bonchev–Trinajstić information content (AvgIpc) is 3.12. The van der Waals surface area contributed by atoms with Crippen molar-refractivity contribution in [2.75, 3.05) is 14.1 Å². The molecule has 5 atom stereocenters. The minimum absolute atomic E-state index is 0.0175. The fourth-order valence-electron chi connectivity index (χ4n) is 4.52. The smallest absolute Gasteiger partial charge is 0.444 e. The largest absolute Gasteiger partial charge is 0.540 e. The highest BCUT2D eigenvalue weighted by Gasteiger charge is 2.29. The van der Waals surface area contributed by atoms with Gasteiger partial charge in [-0.15, -0.1) is 10.2 Å². The quantitative estimate of drug-likeness (QED) is 0.0331. The molecule has 0 N–H and O–H groups in total. The minimum atomic E-state index is -1.43. The van der Waals surface area contributed by atoms with Crippen LogP contribution in [-0.2, 0) is 28.1 Å². The third kappa shape index (κ3) is 13.5. The molecule has 3 aromatic carbocycles. The Morgan fingerprint density at radius 1 is 0.840 bits per heavy atom. The Balaban J connectivity index is 1.21. The van der Waals surface area contributed by atoms with Gasteiger partial charge in [-0.25, -0.2) is 0 Å². The zero-order valence-electron chi connectivity index (χ0n) is 28.2. The van der Waals surface area contributed by atoms with Crippen molar-refractivity contribution < 1.29 is 18.1 Å². The highest BCUT2D eigenvalue weighted by Crippen LogP contribution is 2.76. The van der Waals surface area contributed by atoms with E-state index in [-0.39, 0.29) is 6.10 Å². The topological polar surface area (TPSA) is 117 Å². The number of hydrogen-bond donors (Lipinski definition) is 0. The van der Waals surface area contributed by atoms with E-state index in [0.29, 0.717) is 17.4 Å². The van der Waals surface area contributed by atoms with Crippen LogP contribution in [0.4, 0.5) is 0 Å². The van der Waals surface area contributed by atoms with Gasteiger partial charge in [-0.3, -0.25) is 9.05 Å². The maximum absolute atomic E-state index is 9.02. The van der Waals surface area contributed by atoms with Crippen molar-refractivity contribution in [3.8, 4) is 17.2 Å². The SMILES string of the molecule is C/C=C/c1ccc(OP(OC2CCC(/C=N/N(C)[P+](=S)Oc3ccc(/C=N/N(C)[P+](=S)Oc4ccc(C)cc4)cc3)CC2)P(P)N=[N+]=[N-])cc1. The summed E-state index contributed by atoms with van der Waals surface area (Å²) in [6.07, 6.45) is 11.3. The summed E-state index contributed by atoms with van der Waals surface area (Å²) in [5, 5.41) is 9.06. The van der Waals surface area contributed by atoms with Crippen LogP contribution in [0.3, 0.4) is 0 Å². The van der Waals surface area contributed by atoms with E-state index >= 15 is 0 Å². The molecule has 0 heterocycles. The van der Waals surface area contributed by atoms with Crippen LogP contribution in [0, 0.1) is 12.8 Å². The molecule has 0 saturated heterocycles. The van der Waals surface area contributed by atoms with Crippen molar-refractivity contribution in [1.82, 2.24) is 9.56 Å². The van der Waals surface area contributed by atoms with E-state index in [4.69, 9.17) is 47.2 Å². The molecule has 50 heavy (non-hydrogen) atoms. The first-order valence-electron chi connectivity index (χ1n) is 15.6. The number of nitrogens with zero attached hydrogens (tertiary/aromatic N) is 7. The number of azide groups is 1. The number of rotatable bonds is 17. The number of aryl methyl sites for hydroxylation is 1. The second-order valence-electron chi connectivity index (χ2n) is 11.1. The van der Waals surface area contributed by atoms with Gasteiger partial charge in [0.2, 0.25) is 23.6 Å². The first-order chi connectivity index (χ1) is 24.1. The molecular weight excluding hydrogens is 765 g/mol. The van der Waals surface area contributed by atoms with Crippen molar-refractivity contribution in [3.63, 3.8) is 0 Å². The molecule has 11 nitrogen and oxygen atoms in total. The van der Waals surface area contributed by atoms with Crippen LogP contribution in [0.15, 0.2) is 94.0 Å². The van der Waals surface area contributed by atoms with Crippen molar-refractivity contribution in [1.29, 1.82) is 0 Å². The van der Waals surface area contributed by atoms with Gasteiger partial charge in [0.05, 0.1) is 26.4 Å². The Morgan fingerprint density at radius 3 is 1.96 bits per heavy atom. The molecule has 0 amide bonds. The molecule has 1 aliphatic rings. The third-order valence-corrected chi connectivity index (χ3v) is 16.2. The first kappa shape index (κ1) is 40.1. The third-order valence-electron chi connectivity index (χ3n) is 7.24. The molecule has 3 aromatic rings. The fourth-order valence-corrected chi connectivity index (χ4v) is 10.1. The molecule has 0 radical (unpaired) electrons. The summed E-state index contributed by atoms with van der Waals surface area (Å²) in [5.74, 6) is 2.38. The minimum Gasteiger partial charge on any atom is -0.444 e. The van der Waals surface area contributed by atoms with Crippen molar-refractivity contribution in [2.24, 2.45) is 21.0 Å². The Labute approximate surface area is 311 Å². The van der Waals surface area contributed by atoms with E-state index in [1.165, 1.54) is 0 Å². The lowest BCUT2D eigenvalue weighted by atomic mass is 9.88. The molecule has 1 fully saturated rings. The van der Waals surface area contributed by atoms with Crippen LogP contribution in [0.1, 0.15) is 49.3 Å². The second kappa shape index (κ2) is 21.0. The van der Waals surface area contributed by atoms with E-state index in [2.05, 4.69) is 28.9 Å². The maximum atomic E-state index is 9.02. The van der Waals surface area contributed by atoms with Gasteiger partial charge in [0, 0.05) is 11.1 Å². The lowest BCUT2D eigenvalue weighted by molar-refractivity contribution is 0.153. The molecule has 0 aliphatic heterocycles. The summed E-state index contributed by atoms with van der Waals surface area (Å²) in [6, 6.07) is 23.1. The molecule has 0 spiro atoms. The van der Waals surface area contributed by atoms with Gasteiger partial charge in [-0.05, 0) is 111 Å². The summed E-state index contributed by atoms with van der Waals surface area (Å²) in [5.41, 5.74) is 12.2. The van der Waals surface area contributed by atoms with Gasteiger partial charge in [-0.1, -0.05) is 65.4 Å². The van der Waals surface area contributed by atoms with Gasteiger partial charge >= 0.3 is 14.1 Å². The van der Waals surface area contributed by atoms with Crippen LogP contribution in [-0.4, -0.2) is 42.2 Å². The van der Waals surface area contributed by atoms with Crippen molar-refractivity contribution in [2.45, 2.75) is 45.6 Å². The standard InChI is InChI=1S/C32H40N7O4P5S2/c1-5-6-26-9-17-31(18-10-26)42-48(45(44)37-36-33)43-32-21-13-28(14-22-32)24-35-39(4)47(50)41-30-19-11-27(12-20-30)23-34-38(3)46(49)40-29-15-7-25(2)8-16-29/h5-12,15-20,23-24,28,32H,13-14,21-22,44H2,1-4H3/q+2/b6-5+,34-23+,35-24+. The molecule has 1 saturated carbocycles. The summed E-state index contributed by atoms with van der Waals surface area (Å²) in [4.78, 5) is 6.88. The zero-order valence-corrected chi connectivity index (χ0v) is 34.5. The number of hydrogen-bond acceptors (Lipinski definition) is 9. The van der Waals surface area contributed by atoms with E-state index < -0.39 is 29.7 Å². The number of allylic oxidation sites excluding steroid dienone is 1. The maximum Gasteiger partial charge on any atom is 0.540 e. The van der Waals surface area contributed by atoms with Crippen LogP contribution >= 0.6 is 38.6 Å². The van der Waals surface area contributed by atoms with Gasteiger partial charge < -0.3 is 9.05 Å². The highest BCUT2D eigenvalue weighted by molar-refractivity contribution is 8.50. The molecular formula is C32H40N7O4P5S2+2. The lowest BCUT2D eigenvalue weighted by Crippen LogP contribution is -2.21. The summed E-state index contributed by atoms with van der Waals surface area (Å²) in [7, 11) is 0.846. The Morgan fingerprint density at radius 2 is 1.38 bits per heavy atom. The van der Waals surface area contributed by atoms with E-state index in [1.807, 2.05) is 112 Å². The van der Waals surface area contributed by atoms with Gasteiger partial charge in [-0.2, -0.15) is 0 Å². The molecule has 262 valence electrons. The van der Waals surface area contributed by atoms with Crippen molar-refractivity contribution >= 4 is 80.7 Å². The average molecular weight is 806 g/mol. The second-order valence-corrected chi connectivity index (χ2v) is 22.1. The zero-order chi connectivity index (χ0) is 35.9. The van der Waals surface area contributed by atoms with Gasteiger partial charge in [0.25, 0.3) is 8.06 Å². The van der Waals surface area contributed by atoms with Crippen LogP contribution in [0.25, 0.3) is 16.5 Å². The fraction of sp³-hybridized carbons (Fsp3) is 0.312. The van der Waals surface area contributed by atoms with E-state index in [0.717, 1.165) is 48.1 Å². The normalized spacial score (nSPS) is 17.9. The highest BCUT2D eigenvalue weighted by atomic mass is 32.4. The predicted molar refractivity (Wildman–Crippen MR) is 220 cm³/mol. The van der Waals surface area contributed by atoms with E-state index in [9.17, 15) is 0 Å². The molecule has 1 aliphatic carbocycles. The molecule has 4 rings (SSSR count). The van der Waals surface area contributed by atoms with Gasteiger partial charge in [0.15, 0.2) is 11.5 Å². The Kier molecular flexibility index (Phi) is 16.9. The Hall–Kier alpha value is -2.66. The van der Waals surface area contributed by atoms with E-state index in [1.54, 1.807) is 22.8 Å². The molecule has 0 bridgehead atoms. The van der Waals surface area contributed by atoms with Crippen LogP contribution < -0.4 is 13.6 Å². The summed E-state index contributed by atoms with van der Waals surface area (Å²) in [6.45, 7) is 4.00. The number of benzene rings is 3. The molecule has 5 unspecified atom stereocenters. The predicted octanol–water partition coefficient (Wildman–Crippen LogP) is 11.6. The lowest BCUT2D eigenvalue weighted by Gasteiger charge is -2.30. The van der Waals surface area contributed by atoms with Crippen molar-refractivity contribution in [3.05, 3.63) is 106 Å². The summed E-state index contributed by atoms with van der Waals surface area (Å²) < 4.78 is 27.8. The first-order valence-corrected chi connectivity index (χ1v) is 24.9. The van der Waals surface area contributed by atoms with Crippen LogP contribution in [0.2, 0.25) is 0 Å². The Bertz CT molecular complexity index is 1710. The number of hydrazone groups is 2. The molecule has 18 heteroatoms. The van der Waals surface area contributed by atoms with Crippen LogP contribution in [0.5, 0.6) is 17.2 Å². The monoisotopic (exact) mass is 805 g/mol. The van der Waals surface area contributed by atoms with Gasteiger partial charge in [0.1, 0.15) is 13.2 Å². The molecule has 0 aromatic heterocycles. The summed E-state index contributed by atoms with van der Waals surface area (Å²) >= 11 is 11.1.